The molecule has 1 spiro atoms. The Bertz CT molecular complexity index is 3610. The summed E-state index contributed by atoms with van der Waals surface area (Å²) >= 11 is 0. The van der Waals surface area contributed by atoms with Crippen molar-refractivity contribution >= 4 is 66.6 Å². The molecule has 10 aliphatic heterocycles. The zero-order valence-electron chi connectivity index (χ0n) is 34.1. The first-order valence-electron chi connectivity index (χ1n) is 22.4. The number of para-hydroxylation sites is 4. The molecule has 10 nitrogen and oxygen atoms in total. The number of nitrogens with zero attached hydrogens (tertiary/aromatic N) is 6. The van der Waals surface area contributed by atoms with Gasteiger partial charge >= 0.3 is 0 Å². The molecule has 304 valence electrons. The van der Waals surface area contributed by atoms with Gasteiger partial charge in [-0.05, 0) is 88.3 Å². The Morgan fingerprint density at radius 1 is 0.444 bits per heavy atom. The van der Waals surface area contributed by atoms with Crippen LogP contribution in [0.5, 0.6) is 0 Å². The maximum atomic E-state index is 7.03. The average molecular weight is 841 g/mol. The van der Waals surface area contributed by atoms with Crippen molar-refractivity contribution in [2.75, 3.05) is 26.4 Å². The van der Waals surface area contributed by atoms with Crippen molar-refractivity contribution in [2.45, 2.75) is 42.9 Å². The molecule has 12 heterocycles. The van der Waals surface area contributed by atoms with Gasteiger partial charge in [-0.2, -0.15) is 0 Å². The highest BCUT2D eigenvalue weighted by atomic mass is 31.2. The second kappa shape index (κ2) is 10.1. The third kappa shape index (κ3) is 3.18. The maximum absolute atomic E-state index is 7.03. The molecule has 0 radical (unpaired) electrons. The van der Waals surface area contributed by atoms with E-state index in [2.05, 4.69) is 157 Å². The van der Waals surface area contributed by atoms with Gasteiger partial charge in [0, 0.05) is 39.8 Å². The van der Waals surface area contributed by atoms with E-state index < -0.39 is 6.89 Å². The second-order valence-corrected chi connectivity index (χ2v) is 22.2. The van der Waals surface area contributed by atoms with Crippen molar-refractivity contribution in [3.05, 3.63) is 167 Å². The van der Waals surface area contributed by atoms with E-state index in [0.717, 1.165) is 23.5 Å². The van der Waals surface area contributed by atoms with Gasteiger partial charge in [-0.3, -0.25) is 9.80 Å². The zero-order chi connectivity index (χ0) is 40.4. The van der Waals surface area contributed by atoms with Gasteiger partial charge < -0.3 is 37.9 Å². The minimum atomic E-state index is -2.60. The quantitative estimate of drug-likeness (QED) is 0.161. The summed E-state index contributed by atoms with van der Waals surface area (Å²) in [6, 6.07) is 46.0. The summed E-state index contributed by atoms with van der Waals surface area (Å²) in [4.78, 5) is 10.6. The lowest BCUT2D eigenvalue weighted by Gasteiger charge is -2.58. The summed E-state index contributed by atoms with van der Waals surface area (Å²) < 4.78 is 32.9. The predicted molar refractivity (Wildman–Crippen MR) is 242 cm³/mol. The summed E-state index contributed by atoms with van der Waals surface area (Å²) in [5.41, 5.74) is 14.2. The number of ether oxygens (including phenoxy) is 4. The van der Waals surface area contributed by atoms with E-state index in [-0.39, 0.29) is 36.0 Å². The molecule has 0 N–H and O–H groups in total. The highest BCUT2D eigenvalue weighted by Crippen LogP contribution is 2.75. The molecule has 10 aliphatic rings. The smallest absolute Gasteiger partial charge is 0.258 e. The highest BCUT2D eigenvalue weighted by molar-refractivity contribution is 7.90. The molecule has 0 amide bonds. The Kier molecular flexibility index (Phi) is 5.13. The van der Waals surface area contributed by atoms with Crippen LogP contribution in [0.2, 0.25) is 0 Å². The van der Waals surface area contributed by atoms with Crippen LogP contribution in [0.1, 0.15) is 53.3 Å². The van der Waals surface area contributed by atoms with Crippen LogP contribution in [-0.2, 0) is 18.9 Å². The largest absolute Gasteiger partial charge is 0.473 e. The van der Waals surface area contributed by atoms with E-state index >= 15 is 0 Å². The molecule has 0 saturated carbocycles. The van der Waals surface area contributed by atoms with Gasteiger partial charge in [-0.15, -0.1) is 0 Å². The number of benzene rings is 6. The SMILES string of the molecule is CC1C2N3C4=C5OCC(c6cc(-n7c8ccccc8c8ccccc87)cc7c6P26=C2N8C(=C9OCC(c%10cc(-n%11c%12ccccc%12c%12ccccc%12%11)cc(c%106)C3CO4)N92)OCC78)N51. The second-order valence-electron chi connectivity index (χ2n) is 18.9. The van der Waals surface area contributed by atoms with Crippen LogP contribution in [0.3, 0.4) is 0 Å². The number of rotatable bonds is 2. The van der Waals surface area contributed by atoms with Crippen LogP contribution in [-0.4, -0.2) is 72.5 Å². The Labute approximate surface area is 360 Å². The molecule has 4 fully saturated rings. The molecule has 6 bridgehead atoms. The zero-order valence-corrected chi connectivity index (χ0v) is 35.0. The highest BCUT2D eigenvalue weighted by Gasteiger charge is 2.71. The molecule has 8 aromatic rings. The van der Waals surface area contributed by atoms with E-state index in [0.29, 0.717) is 26.4 Å². The van der Waals surface area contributed by atoms with Gasteiger partial charge in [0.2, 0.25) is 0 Å². The van der Waals surface area contributed by atoms with Gasteiger partial charge in [0.1, 0.15) is 32.0 Å². The molecule has 6 aromatic carbocycles. The fraction of sp³-hybridized carbons (Fsp3) is 0.212. The van der Waals surface area contributed by atoms with E-state index in [1.807, 2.05) is 0 Å². The first-order chi connectivity index (χ1) is 31.2. The van der Waals surface area contributed by atoms with Crippen LogP contribution < -0.4 is 10.6 Å². The average Bonchev–Trinajstić information content (AvgIpc) is 4.19. The van der Waals surface area contributed by atoms with Crippen molar-refractivity contribution in [3.8, 4) is 11.4 Å². The van der Waals surface area contributed by atoms with Crippen molar-refractivity contribution in [1.29, 1.82) is 0 Å². The van der Waals surface area contributed by atoms with E-state index in [1.54, 1.807) is 5.30 Å². The Morgan fingerprint density at radius 3 is 1.27 bits per heavy atom. The first-order valence-corrected chi connectivity index (χ1v) is 24.3. The van der Waals surface area contributed by atoms with Crippen LogP contribution in [0.25, 0.3) is 55.0 Å². The summed E-state index contributed by atoms with van der Waals surface area (Å²) in [6.07, 6.45) is 0. The number of hydrogen-bond donors (Lipinski definition) is 0. The summed E-state index contributed by atoms with van der Waals surface area (Å²) in [6.45, 7) is 2.22. The molecule has 63 heavy (non-hydrogen) atoms. The monoisotopic (exact) mass is 840 g/mol. The molecule has 11 heteroatoms. The van der Waals surface area contributed by atoms with Crippen LogP contribution in [0.15, 0.2) is 145 Å². The summed E-state index contributed by atoms with van der Waals surface area (Å²) in [7, 11) is 0. The van der Waals surface area contributed by atoms with Crippen LogP contribution in [0, 0.1) is 0 Å². The lowest BCUT2D eigenvalue weighted by Crippen LogP contribution is -2.62. The predicted octanol–water partition coefficient (Wildman–Crippen LogP) is 8.48. The third-order valence-corrected chi connectivity index (χ3v) is 21.5. The van der Waals surface area contributed by atoms with Crippen molar-refractivity contribution < 1.29 is 18.9 Å². The normalized spacial score (nSPS) is 28.7. The number of aromatic nitrogens is 2. The van der Waals surface area contributed by atoms with E-state index in [1.165, 1.54) is 88.1 Å². The third-order valence-electron chi connectivity index (χ3n) is 16.5. The van der Waals surface area contributed by atoms with Crippen LogP contribution in [0.4, 0.5) is 0 Å². The molecular formula is C52H37N6O4P. The molecule has 4 saturated heterocycles. The molecule has 18 rings (SSSR count). The van der Waals surface area contributed by atoms with Gasteiger partial charge in [0.15, 0.2) is 0 Å². The number of hydrogen-bond acceptors (Lipinski definition) is 8. The molecular weight excluding hydrogens is 804 g/mol. The van der Waals surface area contributed by atoms with Crippen LogP contribution >= 0.6 is 6.89 Å². The topological polar surface area (TPSA) is 59.7 Å². The van der Waals surface area contributed by atoms with Gasteiger partial charge in [-0.25, -0.2) is 0 Å². The Hall–Kier alpha value is -6.90. The van der Waals surface area contributed by atoms with Gasteiger partial charge in [0.05, 0.1) is 58.1 Å². The van der Waals surface area contributed by atoms with E-state index in [4.69, 9.17) is 18.9 Å². The Morgan fingerprint density at radius 2 is 0.810 bits per heavy atom. The Balaban J connectivity index is 1.03. The lowest BCUT2D eigenvalue weighted by atomic mass is 9.96. The van der Waals surface area contributed by atoms with Gasteiger partial charge in [-0.1, -0.05) is 72.8 Å². The molecule has 2 aromatic heterocycles. The fourth-order valence-corrected chi connectivity index (χ4v) is 20.9. The number of fused-ring (bicyclic) bond motifs is 10. The fourth-order valence-electron chi connectivity index (χ4n) is 14.5. The molecule has 7 unspecified atom stereocenters. The molecule has 7 atom stereocenters. The summed E-state index contributed by atoms with van der Waals surface area (Å²) in [5.74, 6) is 3.73. The summed E-state index contributed by atoms with van der Waals surface area (Å²) in [5, 5.41) is 8.16. The van der Waals surface area contributed by atoms with Gasteiger partial charge in [0.25, 0.3) is 23.5 Å². The minimum absolute atomic E-state index is 0.0108. The van der Waals surface area contributed by atoms with Crippen molar-refractivity contribution in [1.82, 2.24) is 28.7 Å². The minimum Gasteiger partial charge on any atom is -0.473 e. The van der Waals surface area contributed by atoms with Crippen molar-refractivity contribution in [2.24, 2.45) is 0 Å². The lowest BCUT2D eigenvalue weighted by molar-refractivity contribution is 0.0684. The first kappa shape index (κ1) is 31.9. The standard InChI is InChI=1S/C52H37N6O4P/c1-26-51-56-42-23-60-48(56)47-53(26)41(22-59-47)33-18-27(54-37-14-6-2-10-29(37)30-11-3-7-15-38(30)54)20-35-43-24-61-49-50-58-44(25-62-50)36-21-28(19-34(42)46(36)63(51,45(33)35)52(58)57(43)49)55-39-16-8-4-12-31(39)32-13-5-9-17-40(32)55/h2-21,26,41-44,51H,22-25H2,1H3. The van der Waals surface area contributed by atoms with E-state index in [9.17, 15) is 0 Å². The van der Waals surface area contributed by atoms with Crippen molar-refractivity contribution in [3.63, 3.8) is 0 Å². The maximum Gasteiger partial charge on any atom is 0.258 e. The molecule has 0 aliphatic carbocycles.